The zero-order chi connectivity index (χ0) is 41.9. The van der Waals surface area contributed by atoms with Crippen LogP contribution in [0.3, 0.4) is 0 Å². The number of nitrogens with zero attached hydrogens (tertiary/aromatic N) is 4. The minimum absolute atomic E-state index is 0.0247. The molecule has 3 aromatic carbocycles. The highest BCUT2D eigenvalue weighted by molar-refractivity contribution is 8.03. The Bertz CT molecular complexity index is 2420. The Labute approximate surface area is 364 Å². The lowest BCUT2D eigenvalue weighted by molar-refractivity contribution is -0.134. The number of piperidine rings is 3. The molecule has 4 unspecified atom stereocenters. The monoisotopic (exact) mass is 864 g/mol. The number of allylic oxidation sites excluding steroid dienone is 1. The zero-order valence-corrected chi connectivity index (χ0v) is 36.8. The molecule has 0 saturated carbocycles. The van der Waals surface area contributed by atoms with Gasteiger partial charge in [0.05, 0.1) is 34.1 Å². The smallest absolute Gasteiger partial charge is 0.259 e. The number of aliphatic hydroxyl groups excluding tert-OH is 1. The molecular weight excluding hydrogens is 813 g/mol. The highest BCUT2D eigenvalue weighted by Crippen LogP contribution is 2.46. The van der Waals surface area contributed by atoms with Crippen LogP contribution in [-0.4, -0.2) is 96.1 Å². The number of aliphatic hydroxyl groups is 1. The summed E-state index contributed by atoms with van der Waals surface area (Å²) in [5.41, 5.74) is 6.24. The van der Waals surface area contributed by atoms with E-state index in [0.29, 0.717) is 23.7 Å². The van der Waals surface area contributed by atoms with Crippen molar-refractivity contribution < 1.29 is 23.7 Å². The van der Waals surface area contributed by atoms with E-state index in [4.69, 9.17) is 0 Å². The molecule has 0 spiro atoms. The Morgan fingerprint density at radius 3 is 2.58 bits per heavy atom. The van der Waals surface area contributed by atoms with Gasteiger partial charge in [0.25, 0.3) is 5.91 Å². The molecule has 11 nitrogen and oxygen atoms in total. The molecule has 3 saturated heterocycles. The van der Waals surface area contributed by atoms with Gasteiger partial charge in [-0.05, 0) is 111 Å². The van der Waals surface area contributed by atoms with Crippen LogP contribution in [0.15, 0.2) is 95.3 Å². The number of likely N-dealkylation sites (tertiary alicyclic amines) is 1. The molecule has 0 aromatic heterocycles. The molecule has 314 valence electrons. The van der Waals surface area contributed by atoms with Crippen molar-refractivity contribution in [2.45, 2.75) is 88.2 Å². The second-order valence-electron chi connectivity index (χ2n) is 17.4. The van der Waals surface area contributed by atoms with E-state index < -0.39 is 22.9 Å². The van der Waals surface area contributed by atoms with E-state index in [9.17, 15) is 23.7 Å². The molecule has 3 amide bonds. The number of thioether (sulfide) groups is 1. The molecule has 9 rings (SSSR count). The average Bonchev–Trinajstić information content (AvgIpc) is 3.79. The normalized spacial score (nSPS) is 25.2. The topological polar surface area (TPSA) is 126 Å². The number of nitrogens with one attached hydrogen (secondary N) is 2. The van der Waals surface area contributed by atoms with E-state index in [1.165, 1.54) is 10.6 Å². The second kappa shape index (κ2) is 16.5. The summed E-state index contributed by atoms with van der Waals surface area (Å²) in [6, 6.07) is 17.7. The Kier molecular flexibility index (Phi) is 11.3. The van der Waals surface area contributed by atoms with Gasteiger partial charge in [-0.3, -0.25) is 24.6 Å². The Hall–Kier alpha value is -4.34. The number of hydrogen-bond acceptors (Lipinski definition) is 10. The predicted molar refractivity (Wildman–Crippen MR) is 245 cm³/mol. The highest BCUT2D eigenvalue weighted by Gasteiger charge is 2.42. The van der Waals surface area contributed by atoms with Gasteiger partial charge in [0.2, 0.25) is 11.8 Å². The highest BCUT2D eigenvalue weighted by atomic mass is 32.2. The van der Waals surface area contributed by atoms with Crippen molar-refractivity contribution >= 4 is 80.2 Å². The van der Waals surface area contributed by atoms with Gasteiger partial charge in [-0.25, -0.2) is 8.51 Å². The zero-order valence-electron chi connectivity index (χ0n) is 34.2. The first-order valence-corrected chi connectivity index (χ1v) is 23.5. The van der Waals surface area contributed by atoms with Gasteiger partial charge >= 0.3 is 0 Å². The Balaban J connectivity index is 0.812. The average molecular weight is 865 g/mol. The van der Waals surface area contributed by atoms with Gasteiger partial charge in [0.15, 0.2) is 0 Å². The molecular formula is C46H52N6O5S3. The first-order valence-electron chi connectivity index (χ1n) is 20.9. The fourth-order valence-electron chi connectivity index (χ4n) is 9.80. The third kappa shape index (κ3) is 7.74. The van der Waals surface area contributed by atoms with Crippen LogP contribution in [0.4, 0.5) is 11.4 Å². The van der Waals surface area contributed by atoms with Crippen LogP contribution in [-0.2, 0) is 20.6 Å². The lowest BCUT2D eigenvalue weighted by Gasteiger charge is -2.45. The van der Waals surface area contributed by atoms with E-state index in [2.05, 4.69) is 100 Å². The SMILES string of the molecule is C/C(CO)=C(/S)c1cccc(NC2CCN(S(=O)CC3=CN4C=C(N5CCC(c6ccc7c8c(cccc68)C(=O)N7C6CCC(=O)NC6=O)CC5)SC4C=C3)C(C)(C)C2)c1. The lowest BCUT2D eigenvalue weighted by Crippen LogP contribution is -2.54. The Morgan fingerprint density at radius 1 is 1.02 bits per heavy atom. The number of fused-ring (bicyclic) bond motifs is 1. The molecule has 6 aliphatic rings. The molecule has 3 N–H and O–H groups in total. The van der Waals surface area contributed by atoms with Crippen molar-refractivity contribution in [1.29, 1.82) is 0 Å². The number of hydrogen-bond donors (Lipinski definition) is 4. The number of amides is 3. The van der Waals surface area contributed by atoms with Crippen LogP contribution in [0.2, 0.25) is 0 Å². The maximum Gasteiger partial charge on any atom is 0.259 e. The number of benzene rings is 3. The maximum absolute atomic E-state index is 14.0. The van der Waals surface area contributed by atoms with Crippen molar-refractivity contribution in [1.82, 2.24) is 19.4 Å². The second-order valence-corrected chi connectivity index (χ2v) is 20.3. The van der Waals surface area contributed by atoms with E-state index in [-0.39, 0.29) is 41.8 Å². The molecule has 6 aliphatic heterocycles. The molecule has 4 atom stereocenters. The van der Waals surface area contributed by atoms with E-state index in [0.717, 1.165) is 89.1 Å². The van der Waals surface area contributed by atoms with Gasteiger partial charge in [0.1, 0.15) is 11.4 Å². The summed E-state index contributed by atoms with van der Waals surface area (Å²) in [5, 5.41) is 19.1. The summed E-state index contributed by atoms with van der Waals surface area (Å²) in [6.45, 7) is 8.81. The van der Waals surface area contributed by atoms with Crippen molar-refractivity contribution in [2.75, 3.05) is 42.2 Å². The predicted octanol–water partition coefficient (Wildman–Crippen LogP) is 7.08. The Morgan fingerprint density at radius 2 is 1.82 bits per heavy atom. The maximum atomic E-state index is 14.0. The van der Waals surface area contributed by atoms with Gasteiger partial charge in [0, 0.05) is 71.6 Å². The van der Waals surface area contributed by atoms with Gasteiger partial charge < -0.3 is 20.2 Å². The number of thiol groups is 1. The van der Waals surface area contributed by atoms with Gasteiger partial charge in [-0.1, -0.05) is 54.2 Å². The van der Waals surface area contributed by atoms with Crippen molar-refractivity contribution in [3.8, 4) is 0 Å². The summed E-state index contributed by atoms with van der Waals surface area (Å²) in [5.74, 6) is -0.0792. The van der Waals surface area contributed by atoms with Crippen LogP contribution in [0.25, 0.3) is 15.7 Å². The van der Waals surface area contributed by atoms with E-state index in [1.54, 1.807) is 4.90 Å². The fourth-order valence-corrected chi connectivity index (χ4v) is 12.7. The summed E-state index contributed by atoms with van der Waals surface area (Å²) in [4.78, 5) is 45.4. The molecule has 3 fully saturated rings. The number of anilines is 2. The third-order valence-electron chi connectivity index (χ3n) is 12.9. The minimum atomic E-state index is -1.18. The fraction of sp³-hybridized carbons (Fsp3) is 0.413. The molecule has 60 heavy (non-hydrogen) atoms. The van der Waals surface area contributed by atoms with E-state index >= 15 is 0 Å². The molecule has 3 aromatic rings. The lowest BCUT2D eigenvalue weighted by atomic mass is 9.85. The van der Waals surface area contributed by atoms with E-state index in [1.807, 2.05) is 49.0 Å². The molecule has 14 heteroatoms. The van der Waals surface area contributed by atoms with Crippen molar-refractivity contribution in [3.63, 3.8) is 0 Å². The molecule has 0 radical (unpaired) electrons. The largest absolute Gasteiger partial charge is 0.392 e. The van der Waals surface area contributed by atoms with Crippen LogP contribution >= 0.6 is 24.4 Å². The number of carbonyl (C=O) groups excluding carboxylic acids is 3. The van der Waals surface area contributed by atoms with Crippen LogP contribution in [0.5, 0.6) is 0 Å². The van der Waals surface area contributed by atoms with Crippen molar-refractivity contribution in [3.05, 3.63) is 112 Å². The number of imide groups is 1. The summed E-state index contributed by atoms with van der Waals surface area (Å²) >= 11 is 6.49. The number of rotatable bonds is 10. The van der Waals surface area contributed by atoms with Crippen LogP contribution < -0.4 is 15.5 Å². The molecule has 6 heterocycles. The number of carbonyl (C=O) groups is 3. The molecule has 0 aliphatic carbocycles. The van der Waals surface area contributed by atoms with Crippen LogP contribution in [0.1, 0.15) is 86.7 Å². The first-order chi connectivity index (χ1) is 28.9. The quantitative estimate of drug-likeness (QED) is 0.125. The summed E-state index contributed by atoms with van der Waals surface area (Å²) in [6.07, 6.45) is 13.0. The van der Waals surface area contributed by atoms with Gasteiger partial charge in [-0.2, -0.15) is 0 Å². The summed E-state index contributed by atoms with van der Waals surface area (Å²) < 4.78 is 16.1. The minimum Gasteiger partial charge on any atom is -0.392 e. The van der Waals surface area contributed by atoms with Crippen LogP contribution in [0, 0.1) is 0 Å². The van der Waals surface area contributed by atoms with Crippen molar-refractivity contribution in [2.24, 2.45) is 0 Å². The van der Waals surface area contributed by atoms with Gasteiger partial charge in [-0.15, -0.1) is 12.6 Å². The summed E-state index contributed by atoms with van der Waals surface area (Å²) in [7, 11) is -1.18. The molecule has 0 bridgehead atoms. The third-order valence-corrected chi connectivity index (χ3v) is 16.5. The first kappa shape index (κ1) is 41.0. The standard InChI is InChI=1S/C46H52N6O5S3/c1-28(26-53)43(58)31-6-4-7-32(22-31)47-33-18-21-51(46(2,3)23-33)60(57)27-29-10-15-40-50(24-29)25-41(59-40)49-19-16-30(17-20-49)34-11-12-37-42-35(34)8-5-9-36(42)45(56)52(37)38-13-14-39(54)48-44(38)55/h4-12,15,22,24-25,30,33,38,40,47,53,58H,13-14,16-21,23,26-27H2,1-3H3,(H,48,54,55)/b43-28-.